The van der Waals surface area contributed by atoms with Gasteiger partial charge in [0.15, 0.2) is 0 Å². The lowest BCUT2D eigenvalue weighted by molar-refractivity contribution is -0.134. The van der Waals surface area contributed by atoms with E-state index in [9.17, 15) is 14.0 Å². The molecule has 0 spiro atoms. The number of hydrogen-bond acceptors (Lipinski definition) is 3. The van der Waals surface area contributed by atoms with Gasteiger partial charge in [0.25, 0.3) is 0 Å². The number of piperazine rings is 1. The minimum absolute atomic E-state index is 0.0724. The Bertz CT molecular complexity index is 876. The summed E-state index contributed by atoms with van der Waals surface area (Å²) < 4.78 is 13.0. The van der Waals surface area contributed by atoms with E-state index < -0.39 is 0 Å². The SMILES string of the molecule is Cc1cccc(N2CCN(C(=O)C3CC3C(=O)Nc3ccc(F)cc3)CC2)c1. The molecule has 2 aromatic rings. The highest BCUT2D eigenvalue weighted by atomic mass is 19.1. The van der Waals surface area contributed by atoms with Crippen molar-refractivity contribution in [1.29, 1.82) is 0 Å². The molecule has 0 bridgehead atoms. The smallest absolute Gasteiger partial charge is 0.228 e. The fourth-order valence-corrected chi connectivity index (χ4v) is 3.77. The third-order valence-electron chi connectivity index (χ3n) is 5.51. The lowest BCUT2D eigenvalue weighted by atomic mass is 10.2. The molecule has 2 aromatic carbocycles. The molecule has 0 aromatic heterocycles. The molecular formula is C22H24FN3O2. The van der Waals surface area contributed by atoms with Crippen LogP contribution in [0.4, 0.5) is 15.8 Å². The quantitative estimate of drug-likeness (QED) is 0.886. The van der Waals surface area contributed by atoms with Crippen molar-refractivity contribution in [2.45, 2.75) is 13.3 Å². The molecule has 4 rings (SSSR count). The van der Waals surface area contributed by atoms with Crippen LogP contribution in [0.5, 0.6) is 0 Å². The van der Waals surface area contributed by atoms with E-state index in [4.69, 9.17) is 0 Å². The number of aryl methyl sites for hydroxylation is 1. The number of carbonyl (C=O) groups excluding carboxylic acids is 2. The van der Waals surface area contributed by atoms with Crippen LogP contribution >= 0.6 is 0 Å². The highest BCUT2D eigenvalue weighted by Crippen LogP contribution is 2.41. The largest absolute Gasteiger partial charge is 0.368 e. The second kappa shape index (κ2) is 7.62. The van der Waals surface area contributed by atoms with Crippen molar-refractivity contribution in [3.05, 3.63) is 59.9 Å². The summed E-state index contributed by atoms with van der Waals surface area (Å²) in [6, 6.07) is 14.0. The number of rotatable bonds is 4. The van der Waals surface area contributed by atoms with Gasteiger partial charge >= 0.3 is 0 Å². The summed E-state index contributed by atoms with van der Waals surface area (Å²) in [6.07, 6.45) is 0.587. The molecule has 2 amide bonds. The zero-order chi connectivity index (χ0) is 19.7. The van der Waals surface area contributed by atoms with Crippen molar-refractivity contribution in [3.8, 4) is 0 Å². The summed E-state index contributed by atoms with van der Waals surface area (Å²) in [5.41, 5.74) is 2.97. The number of amides is 2. The Morgan fingerprint density at radius 3 is 2.39 bits per heavy atom. The van der Waals surface area contributed by atoms with Crippen LogP contribution in [0.25, 0.3) is 0 Å². The first-order valence-electron chi connectivity index (χ1n) is 9.68. The Morgan fingerprint density at radius 2 is 1.71 bits per heavy atom. The van der Waals surface area contributed by atoms with Gasteiger partial charge in [-0.1, -0.05) is 12.1 Å². The first-order chi connectivity index (χ1) is 13.5. The molecule has 28 heavy (non-hydrogen) atoms. The molecule has 1 saturated carbocycles. The second-order valence-corrected chi connectivity index (χ2v) is 7.60. The first-order valence-corrected chi connectivity index (χ1v) is 9.68. The number of nitrogens with zero attached hydrogens (tertiary/aromatic N) is 2. The summed E-state index contributed by atoms with van der Waals surface area (Å²) in [6.45, 7) is 5.03. The summed E-state index contributed by atoms with van der Waals surface area (Å²) in [5, 5.41) is 2.77. The summed E-state index contributed by atoms with van der Waals surface area (Å²) in [4.78, 5) is 29.3. The van der Waals surface area contributed by atoms with Gasteiger partial charge < -0.3 is 15.1 Å². The number of nitrogens with one attached hydrogen (secondary N) is 1. The molecule has 1 heterocycles. The van der Waals surface area contributed by atoms with Crippen molar-refractivity contribution in [1.82, 2.24) is 4.90 Å². The predicted molar refractivity (Wildman–Crippen MR) is 107 cm³/mol. The van der Waals surface area contributed by atoms with Gasteiger partial charge in [-0.25, -0.2) is 4.39 Å². The van der Waals surface area contributed by atoms with Crippen molar-refractivity contribution in [2.75, 3.05) is 36.4 Å². The topological polar surface area (TPSA) is 52.7 Å². The third-order valence-corrected chi connectivity index (χ3v) is 5.51. The van der Waals surface area contributed by atoms with Crippen LogP contribution < -0.4 is 10.2 Å². The van der Waals surface area contributed by atoms with Crippen LogP contribution in [-0.4, -0.2) is 42.9 Å². The summed E-state index contributed by atoms with van der Waals surface area (Å²) in [7, 11) is 0. The van der Waals surface area contributed by atoms with Crippen LogP contribution in [0.1, 0.15) is 12.0 Å². The molecule has 1 N–H and O–H groups in total. The van der Waals surface area contributed by atoms with Crippen molar-refractivity contribution < 1.29 is 14.0 Å². The maximum atomic E-state index is 13.0. The number of hydrogen-bond donors (Lipinski definition) is 1. The Balaban J connectivity index is 1.28. The van der Waals surface area contributed by atoms with Crippen LogP contribution in [0.15, 0.2) is 48.5 Å². The zero-order valence-electron chi connectivity index (χ0n) is 15.9. The van der Waals surface area contributed by atoms with Gasteiger partial charge in [0.1, 0.15) is 5.82 Å². The van der Waals surface area contributed by atoms with Crippen LogP contribution in [-0.2, 0) is 9.59 Å². The van der Waals surface area contributed by atoms with Gasteiger partial charge in [-0.2, -0.15) is 0 Å². The van der Waals surface area contributed by atoms with Gasteiger partial charge in [0.2, 0.25) is 11.8 Å². The lowest BCUT2D eigenvalue weighted by Gasteiger charge is -2.36. The molecule has 2 atom stereocenters. The molecule has 1 saturated heterocycles. The van der Waals surface area contributed by atoms with Gasteiger partial charge in [-0.3, -0.25) is 9.59 Å². The fraction of sp³-hybridized carbons (Fsp3) is 0.364. The highest BCUT2D eigenvalue weighted by Gasteiger charge is 2.49. The Morgan fingerprint density at radius 1 is 1.00 bits per heavy atom. The van der Waals surface area contributed by atoms with E-state index in [1.165, 1.54) is 35.5 Å². The maximum absolute atomic E-state index is 13.0. The fourth-order valence-electron chi connectivity index (χ4n) is 3.77. The van der Waals surface area contributed by atoms with E-state index in [0.29, 0.717) is 25.2 Å². The minimum atomic E-state index is -0.345. The molecule has 146 valence electrons. The average Bonchev–Trinajstić information content (AvgIpc) is 3.50. The highest BCUT2D eigenvalue weighted by molar-refractivity contribution is 5.99. The second-order valence-electron chi connectivity index (χ2n) is 7.60. The standard InChI is InChI=1S/C22H24FN3O2/c1-15-3-2-4-18(13-15)25-9-11-26(12-10-25)22(28)20-14-19(20)21(27)24-17-7-5-16(23)6-8-17/h2-8,13,19-20H,9-12,14H2,1H3,(H,24,27). The predicted octanol–water partition coefficient (Wildman–Crippen LogP) is 3.06. The molecule has 1 aliphatic heterocycles. The van der Waals surface area contributed by atoms with Crippen molar-refractivity contribution in [3.63, 3.8) is 0 Å². The van der Waals surface area contributed by atoms with Gasteiger partial charge in [0, 0.05) is 37.6 Å². The van der Waals surface area contributed by atoms with Crippen LogP contribution in [0.2, 0.25) is 0 Å². The van der Waals surface area contributed by atoms with E-state index in [2.05, 4.69) is 41.4 Å². The molecule has 6 heteroatoms. The molecule has 2 aliphatic rings. The monoisotopic (exact) mass is 381 g/mol. The summed E-state index contributed by atoms with van der Waals surface area (Å²) >= 11 is 0. The molecular weight excluding hydrogens is 357 g/mol. The number of halogens is 1. The molecule has 2 fully saturated rings. The summed E-state index contributed by atoms with van der Waals surface area (Å²) in [5.74, 6) is -0.952. The van der Waals surface area contributed by atoms with Crippen LogP contribution in [0, 0.1) is 24.6 Å². The Hall–Kier alpha value is -2.89. The molecule has 0 radical (unpaired) electrons. The van der Waals surface area contributed by atoms with Crippen molar-refractivity contribution in [2.24, 2.45) is 11.8 Å². The normalized spacial score (nSPS) is 21.4. The Kier molecular flexibility index (Phi) is 5.03. The Labute approximate surface area is 164 Å². The van der Waals surface area contributed by atoms with E-state index in [0.717, 1.165) is 13.1 Å². The molecule has 5 nitrogen and oxygen atoms in total. The maximum Gasteiger partial charge on any atom is 0.228 e. The van der Waals surface area contributed by atoms with E-state index in [-0.39, 0.29) is 29.5 Å². The number of anilines is 2. The van der Waals surface area contributed by atoms with Gasteiger partial charge in [-0.05, 0) is 55.3 Å². The molecule has 1 aliphatic carbocycles. The van der Waals surface area contributed by atoms with Crippen LogP contribution in [0.3, 0.4) is 0 Å². The van der Waals surface area contributed by atoms with E-state index in [1.807, 2.05) is 4.90 Å². The minimum Gasteiger partial charge on any atom is -0.368 e. The van der Waals surface area contributed by atoms with Gasteiger partial charge in [-0.15, -0.1) is 0 Å². The lowest BCUT2D eigenvalue weighted by Crippen LogP contribution is -2.49. The zero-order valence-corrected chi connectivity index (χ0v) is 15.9. The third kappa shape index (κ3) is 4.01. The first kappa shape index (κ1) is 18.5. The number of benzene rings is 2. The van der Waals surface area contributed by atoms with E-state index >= 15 is 0 Å². The van der Waals surface area contributed by atoms with E-state index in [1.54, 1.807) is 0 Å². The molecule has 2 unspecified atom stereocenters. The average molecular weight is 381 g/mol. The van der Waals surface area contributed by atoms with Gasteiger partial charge in [0.05, 0.1) is 11.8 Å². The van der Waals surface area contributed by atoms with Crippen molar-refractivity contribution >= 4 is 23.2 Å². The number of carbonyl (C=O) groups is 2.